The number of carbonyl (C=O) groups is 1. The Balaban J connectivity index is 1.39. The van der Waals surface area contributed by atoms with E-state index in [9.17, 15) is 4.79 Å². The van der Waals surface area contributed by atoms with Crippen molar-refractivity contribution in [2.45, 2.75) is 57.5 Å². The molecule has 4 heterocycles. The lowest BCUT2D eigenvalue weighted by atomic mass is 9.95. The monoisotopic (exact) mass is 327 g/mol. The molecule has 0 aromatic carbocycles. The van der Waals surface area contributed by atoms with E-state index < -0.39 is 0 Å². The van der Waals surface area contributed by atoms with Crippen LogP contribution in [0.2, 0.25) is 0 Å². The predicted octanol–water partition coefficient (Wildman–Crippen LogP) is 3.08. The Hall–Kier alpha value is -1.42. The molecule has 2 bridgehead atoms. The average Bonchev–Trinajstić information content (AvgIpc) is 2.93. The van der Waals surface area contributed by atoms with Crippen molar-refractivity contribution >= 4 is 5.91 Å². The first-order chi connectivity index (χ1) is 11.8. The second-order valence-electron chi connectivity index (χ2n) is 8.00. The Labute approximate surface area is 145 Å². The Morgan fingerprint density at radius 1 is 1.08 bits per heavy atom. The SMILES string of the molecule is O=C(CC1CCCC1)N1C[C@H]2CC[C@@H](C1)N(Cc1ccccn1)C2. The van der Waals surface area contributed by atoms with Crippen LogP contribution in [-0.2, 0) is 11.3 Å². The Morgan fingerprint density at radius 3 is 2.75 bits per heavy atom. The Bertz CT molecular complexity index is 555. The summed E-state index contributed by atoms with van der Waals surface area (Å²) < 4.78 is 0. The Morgan fingerprint density at radius 2 is 1.96 bits per heavy atom. The van der Waals surface area contributed by atoms with Gasteiger partial charge in [0.2, 0.25) is 5.91 Å². The van der Waals surface area contributed by atoms with E-state index in [1.54, 1.807) is 0 Å². The van der Waals surface area contributed by atoms with Crippen molar-refractivity contribution in [3.8, 4) is 0 Å². The molecule has 4 aliphatic rings. The molecular weight excluding hydrogens is 298 g/mol. The molecule has 3 saturated heterocycles. The minimum Gasteiger partial charge on any atom is -0.341 e. The van der Waals surface area contributed by atoms with Crippen molar-refractivity contribution < 1.29 is 4.79 Å². The van der Waals surface area contributed by atoms with Gasteiger partial charge < -0.3 is 4.90 Å². The normalized spacial score (nSPS) is 28.2. The average molecular weight is 327 g/mol. The molecule has 1 amide bonds. The van der Waals surface area contributed by atoms with Gasteiger partial charge in [0.15, 0.2) is 0 Å². The molecule has 5 rings (SSSR count). The second kappa shape index (κ2) is 7.22. The van der Waals surface area contributed by atoms with Crippen molar-refractivity contribution in [3.05, 3.63) is 30.1 Å². The maximum absolute atomic E-state index is 12.8. The van der Waals surface area contributed by atoms with Gasteiger partial charge in [-0.1, -0.05) is 18.9 Å². The van der Waals surface area contributed by atoms with Crippen LogP contribution in [0.15, 0.2) is 24.4 Å². The number of nitrogens with zero attached hydrogens (tertiary/aromatic N) is 3. The fourth-order valence-electron chi connectivity index (χ4n) is 4.87. The molecule has 0 radical (unpaired) electrons. The van der Waals surface area contributed by atoms with Gasteiger partial charge in [-0.05, 0) is 49.7 Å². The van der Waals surface area contributed by atoms with E-state index in [-0.39, 0.29) is 0 Å². The van der Waals surface area contributed by atoms with E-state index >= 15 is 0 Å². The topological polar surface area (TPSA) is 36.4 Å². The molecule has 4 heteroatoms. The largest absolute Gasteiger partial charge is 0.341 e. The van der Waals surface area contributed by atoms with Crippen LogP contribution >= 0.6 is 0 Å². The van der Waals surface area contributed by atoms with Gasteiger partial charge in [0.05, 0.1) is 5.69 Å². The summed E-state index contributed by atoms with van der Waals surface area (Å²) in [4.78, 5) is 22.0. The summed E-state index contributed by atoms with van der Waals surface area (Å²) >= 11 is 0. The van der Waals surface area contributed by atoms with Crippen LogP contribution in [0.1, 0.15) is 50.6 Å². The molecule has 4 nitrogen and oxygen atoms in total. The van der Waals surface area contributed by atoms with Crippen LogP contribution in [0.4, 0.5) is 0 Å². The summed E-state index contributed by atoms with van der Waals surface area (Å²) in [5.41, 5.74) is 1.15. The van der Waals surface area contributed by atoms with Gasteiger partial charge in [0.1, 0.15) is 0 Å². The first-order valence-electron chi connectivity index (χ1n) is 9.69. The molecule has 1 saturated carbocycles. The molecule has 0 unspecified atom stereocenters. The number of piperidine rings is 1. The highest BCUT2D eigenvalue weighted by molar-refractivity contribution is 5.76. The third-order valence-corrected chi connectivity index (χ3v) is 6.21. The van der Waals surface area contributed by atoms with E-state index in [1.165, 1.54) is 38.5 Å². The van der Waals surface area contributed by atoms with Crippen LogP contribution < -0.4 is 0 Å². The maximum Gasteiger partial charge on any atom is 0.222 e. The molecule has 0 N–H and O–H groups in total. The smallest absolute Gasteiger partial charge is 0.222 e. The lowest BCUT2D eigenvalue weighted by molar-refractivity contribution is -0.132. The molecule has 0 spiro atoms. The number of fused-ring (bicyclic) bond motifs is 4. The van der Waals surface area contributed by atoms with Crippen molar-refractivity contribution in [1.82, 2.24) is 14.8 Å². The first-order valence-corrected chi connectivity index (χ1v) is 9.69. The minimum atomic E-state index is 0.415. The summed E-state index contributed by atoms with van der Waals surface area (Å²) in [7, 11) is 0. The number of rotatable bonds is 4. The van der Waals surface area contributed by atoms with Gasteiger partial charge in [-0.3, -0.25) is 14.7 Å². The number of pyridine rings is 1. The highest BCUT2D eigenvalue weighted by atomic mass is 16.2. The zero-order chi connectivity index (χ0) is 16.4. The summed E-state index contributed by atoms with van der Waals surface area (Å²) in [5, 5.41) is 0. The number of carbonyl (C=O) groups excluding carboxylic acids is 1. The highest BCUT2D eigenvalue weighted by Crippen LogP contribution is 2.32. The lowest BCUT2D eigenvalue weighted by Gasteiger charge is -2.35. The molecule has 1 aromatic heterocycles. The third kappa shape index (κ3) is 3.64. The zero-order valence-corrected chi connectivity index (χ0v) is 14.6. The second-order valence-corrected chi connectivity index (χ2v) is 8.00. The maximum atomic E-state index is 12.8. The van der Waals surface area contributed by atoms with E-state index in [1.807, 2.05) is 12.3 Å². The van der Waals surface area contributed by atoms with Gasteiger partial charge >= 0.3 is 0 Å². The molecule has 3 aliphatic heterocycles. The lowest BCUT2D eigenvalue weighted by Crippen LogP contribution is -2.44. The van der Waals surface area contributed by atoms with Crippen LogP contribution in [0.3, 0.4) is 0 Å². The fraction of sp³-hybridized carbons (Fsp3) is 0.700. The molecule has 1 aliphatic carbocycles. The predicted molar refractivity (Wildman–Crippen MR) is 94.3 cm³/mol. The van der Waals surface area contributed by atoms with Crippen molar-refractivity contribution in [2.24, 2.45) is 11.8 Å². The molecular formula is C20H29N3O. The van der Waals surface area contributed by atoms with Crippen molar-refractivity contribution in [1.29, 1.82) is 0 Å². The summed E-state index contributed by atoms with van der Waals surface area (Å²) in [6.45, 7) is 3.94. The summed E-state index contributed by atoms with van der Waals surface area (Å²) in [6.07, 6.45) is 10.3. The fourth-order valence-corrected chi connectivity index (χ4v) is 4.87. The zero-order valence-electron chi connectivity index (χ0n) is 14.6. The van der Waals surface area contributed by atoms with E-state index in [0.29, 0.717) is 23.8 Å². The number of amides is 1. The molecule has 2 atom stereocenters. The number of aromatic nitrogens is 1. The van der Waals surface area contributed by atoms with Crippen LogP contribution in [0.5, 0.6) is 0 Å². The third-order valence-electron chi connectivity index (χ3n) is 6.21. The van der Waals surface area contributed by atoms with Gasteiger partial charge in [-0.15, -0.1) is 0 Å². The van der Waals surface area contributed by atoms with E-state index in [4.69, 9.17) is 0 Å². The first kappa shape index (κ1) is 16.1. The van der Waals surface area contributed by atoms with Crippen LogP contribution in [-0.4, -0.2) is 46.4 Å². The Kier molecular flexibility index (Phi) is 4.83. The van der Waals surface area contributed by atoms with Gasteiger partial charge in [0, 0.05) is 44.8 Å². The highest BCUT2D eigenvalue weighted by Gasteiger charge is 2.36. The molecule has 4 fully saturated rings. The summed E-state index contributed by atoms with van der Waals surface area (Å²) in [5.74, 6) is 1.71. The summed E-state index contributed by atoms with van der Waals surface area (Å²) in [6, 6.07) is 6.66. The minimum absolute atomic E-state index is 0.415. The number of hydrogen-bond acceptors (Lipinski definition) is 3. The molecule has 130 valence electrons. The quantitative estimate of drug-likeness (QED) is 0.853. The standard InChI is InChI=1S/C20H29N3O/c24-20(11-16-5-1-2-6-16)23-13-17-8-9-19(15-23)22(12-17)14-18-7-3-4-10-21-18/h3-4,7,10,16-17,19H,1-2,5-6,8-9,11-15H2/t17-,19-/m0/s1. The van der Waals surface area contributed by atoms with E-state index in [0.717, 1.165) is 38.3 Å². The molecule has 1 aromatic rings. The van der Waals surface area contributed by atoms with Crippen LogP contribution in [0.25, 0.3) is 0 Å². The number of hydrogen-bond donors (Lipinski definition) is 0. The van der Waals surface area contributed by atoms with Crippen LogP contribution in [0, 0.1) is 11.8 Å². The van der Waals surface area contributed by atoms with Crippen molar-refractivity contribution in [3.63, 3.8) is 0 Å². The molecule has 24 heavy (non-hydrogen) atoms. The van der Waals surface area contributed by atoms with Gasteiger partial charge in [0.25, 0.3) is 0 Å². The van der Waals surface area contributed by atoms with E-state index in [2.05, 4.69) is 26.9 Å². The van der Waals surface area contributed by atoms with Crippen molar-refractivity contribution in [2.75, 3.05) is 19.6 Å². The van der Waals surface area contributed by atoms with Gasteiger partial charge in [-0.2, -0.15) is 0 Å². The van der Waals surface area contributed by atoms with Gasteiger partial charge in [-0.25, -0.2) is 0 Å².